The van der Waals surface area contributed by atoms with Crippen LogP contribution in [-0.2, 0) is 14.8 Å². The first-order valence-corrected chi connectivity index (χ1v) is 9.13. The number of rotatable bonds is 3. The molecule has 1 amide bonds. The van der Waals surface area contributed by atoms with Crippen LogP contribution in [0.3, 0.4) is 0 Å². The minimum atomic E-state index is -3.55. The fraction of sp³-hybridized carbons (Fsp3) is 0.471. The number of piperazine rings is 1. The van der Waals surface area contributed by atoms with Crippen LogP contribution >= 0.6 is 0 Å². The summed E-state index contributed by atoms with van der Waals surface area (Å²) >= 11 is 0. The van der Waals surface area contributed by atoms with Gasteiger partial charge in [-0.1, -0.05) is 12.6 Å². The maximum atomic E-state index is 13.1. The molecule has 0 aromatic heterocycles. The van der Waals surface area contributed by atoms with Crippen molar-refractivity contribution in [3.8, 4) is 0 Å². The lowest BCUT2D eigenvalue weighted by Gasteiger charge is -2.34. The summed E-state index contributed by atoms with van der Waals surface area (Å²) < 4.78 is 27.6. The molecule has 5 nitrogen and oxygen atoms in total. The van der Waals surface area contributed by atoms with Crippen molar-refractivity contribution >= 4 is 15.9 Å². The maximum Gasteiger partial charge on any atom is 0.246 e. The Labute approximate surface area is 138 Å². The van der Waals surface area contributed by atoms with Crippen LogP contribution in [0.2, 0.25) is 0 Å². The zero-order chi connectivity index (χ0) is 17.4. The standard InChI is InChI=1S/C17H24N2O3S/c1-6-16(20)18-7-9-19(10-8-18)23(21,22)17-14(4)12(2)11-13(3)15(17)5/h6,11H,1,7-10H2,2-5H3. The fourth-order valence-electron chi connectivity index (χ4n) is 2.97. The molecule has 0 N–H and O–H groups in total. The average Bonchev–Trinajstić information content (AvgIpc) is 2.52. The predicted octanol–water partition coefficient (Wildman–Crippen LogP) is 1.94. The third kappa shape index (κ3) is 3.19. The summed E-state index contributed by atoms with van der Waals surface area (Å²) in [6.45, 7) is 12.5. The molecule has 1 fully saturated rings. The normalized spacial score (nSPS) is 16.4. The lowest BCUT2D eigenvalue weighted by molar-refractivity contribution is -0.127. The molecule has 23 heavy (non-hydrogen) atoms. The van der Waals surface area contributed by atoms with E-state index in [0.29, 0.717) is 31.1 Å². The first-order valence-electron chi connectivity index (χ1n) is 7.69. The Kier molecular flexibility index (Phi) is 4.96. The summed E-state index contributed by atoms with van der Waals surface area (Å²) in [7, 11) is -3.55. The van der Waals surface area contributed by atoms with Crippen molar-refractivity contribution in [3.05, 3.63) is 41.0 Å². The maximum absolute atomic E-state index is 13.1. The van der Waals surface area contributed by atoms with Gasteiger partial charge in [-0.2, -0.15) is 4.31 Å². The van der Waals surface area contributed by atoms with Gasteiger partial charge in [-0.15, -0.1) is 0 Å². The van der Waals surface area contributed by atoms with Gasteiger partial charge in [0.2, 0.25) is 15.9 Å². The number of carbonyl (C=O) groups is 1. The number of amides is 1. The van der Waals surface area contributed by atoms with Crippen molar-refractivity contribution in [3.63, 3.8) is 0 Å². The Morgan fingerprint density at radius 1 is 1.04 bits per heavy atom. The van der Waals surface area contributed by atoms with Crippen molar-refractivity contribution in [1.82, 2.24) is 9.21 Å². The zero-order valence-corrected chi connectivity index (χ0v) is 15.0. The summed E-state index contributed by atoms with van der Waals surface area (Å²) in [6, 6.07) is 2.02. The summed E-state index contributed by atoms with van der Waals surface area (Å²) in [5, 5.41) is 0. The molecule has 0 saturated carbocycles. The van der Waals surface area contributed by atoms with Gasteiger partial charge in [-0.3, -0.25) is 4.79 Å². The molecule has 1 saturated heterocycles. The average molecular weight is 336 g/mol. The van der Waals surface area contributed by atoms with Crippen LogP contribution in [0.1, 0.15) is 22.3 Å². The second kappa shape index (κ2) is 6.45. The summed E-state index contributed by atoms with van der Waals surface area (Å²) in [5.41, 5.74) is 3.56. The van der Waals surface area contributed by atoms with E-state index in [2.05, 4.69) is 6.58 Å². The van der Waals surface area contributed by atoms with E-state index < -0.39 is 10.0 Å². The van der Waals surface area contributed by atoms with Gasteiger partial charge in [0, 0.05) is 26.2 Å². The Morgan fingerprint density at radius 2 is 1.52 bits per heavy atom. The van der Waals surface area contributed by atoms with E-state index in [4.69, 9.17) is 0 Å². The molecule has 1 heterocycles. The molecule has 0 bridgehead atoms. The number of nitrogens with zero attached hydrogens (tertiary/aromatic N) is 2. The smallest absolute Gasteiger partial charge is 0.246 e. The first-order chi connectivity index (χ1) is 10.7. The van der Waals surface area contributed by atoms with Crippen LogP contribution in [0.5, 0.6) is 0 Å². The van der Waals surface area contributed by atoms with Gasteiger partial charge in [0.15, 0.2) is 0 Å². The topological polar surface area (TPSA) is 57.7 Å². The highest BCUT2D eigenvalue weighted by Gasteiger charge is 2.32. The highest BCUT2D eigenvalue weighted by atomic mass is 32.2. The van der Waals surface area contributed by atoms with Crippen molar-refractivity contribution in [2.45, 2.75) is 32.6 Å². The molecule has 1 aliphatic rings. The molecule has 0 aliphatic carbocycles. The minimum absolute atomic E-state index is 0.152. The van der Waals surface area contributed by atoms with Gasteiger partial charge in [-0.05, 0) is 56.0 Å². The molecule has 1 aromatic carbocycles. The monoisotopic (exact) mass is 336 g/mol. The molecule has 126 valence electrons. The molecule has 0 unspecified atom stereocenters. The Balaban J connectivity index is 2.35. The molecule has 6 heteroatoms. The molecular weight excluding hydrogens is 312 g/mol. The molecule has 0 atom stereocenters. The van der Waals surface area contributed by atoms with Gasteiger partial charge in [0.1, 0.15) is 0 Å². The van der Waals surface area contributed by atoms with Gasteiger partial charge >= 0.3 is 0 Å². The Bertz CT molecular complexity index is 719. The van der Waals surface area contributed by atoms with Crippen molar-refractivity contribution in [2.24, 2.45) is 0 Å². The zero-order valence-electron chi connectivity index (χ0n) is 14.2. The number of aryl methyl sites for hydroxylation is 2. The highest BCUT2D eigenvalue weighted by molar-refractivity contribution is 7.89. The van der Waals surface area contributed by atoms with E-state index >= 15 is 0 Å². The molecular formula is C17H24N2O3S. The molecule has 1 aliphatic heterocycles. The molecule has 0 spiro atoms. The van der Waals surface area contributed by atoms with E-state index in [1.54, 1.807) is 4.90 Å². The second-order valence-corrected chi connectivity index (χ2v) is 7.90. The van der Waals surface area contributed by atoms with E-state index in [-0.39, 0.29) is 5.91 Å². The SMILES string of the molecule is C=CC(=O)N1CCN(S(=O)(=O)c2c(C)c(C)cc(C)c2C)CC1. The summed E-state index contributed by atoms with van der Waals surface area (Å²) in [6.07, 6.45) is 1.27. The van der Waals surface area contributed by atoms with Crippen LogP contribution in [0.25, 0.3) is 0 Å². The number of hydrogen-bond acceptors (Lipinski definition) is 3. The van der Waals surface area contributed by atoms with Gasteiger partial charge < -0.3 is 4.90 Å². The van der Waals surface area contributed by atoms with Crippen molar-refractivity contribution in [2.75, 3.05) is 26.2 Å². The number of benzene rings is 1. The van der Waals surface area contributed by atoms with Crippen LogP contribution in [0.15, 0.2) is 23.6 Å². The lowest BCUT2D eigenvalue weighted by Crippen LogP contribution is -2.50. The molecule has 2 rings (SSSR count). The Hall–Kier alpha value is -1.66. The van der Waals surface area contributed by atoms with Crippen LogP contribution < -0.4 is 0 Å². The van der Waals surface area contributed by atoms with Crippen LogP contribution in [0.4, 0.5) is 0 Å². The lowest BCUT2D eigenvalue weighted by atomic mass is 10.0. The first kappa shape index (κ1) is 17.7. The predicted molar refractivity (Wildman–Crippen MR) is 90.9 cm³/mol. The third-order valence-electron chi connectivity index (χ3n) is 4.62. The largest absolute Gasteiger partial charge is 0.337 e. The second-order valence-electron chi connectivity index (χ2n) is 6.02. The van der Waals surface area contributed by atoms with Gasteiger partial charge in [-0.25, -0.2) is 8.42 Å². The number of carbonyl (C=O) groups excluding carboxylic acids is 1. The van der Waals surface area contributed by atoms with Crippen molar-refractivity contribution in [1.29, 1.82) is 0 Å². The number of hydrogen-bond donors (Lipinski definition) is 0. The quantitative estimate of drug-likeness (QED) is 0.793. The van der Waals surface area contributed by atoms with Gasteiger partial charge in [0.25, 0.3) is 0 Å². The van der Waals surface area contributed by atoms with Crippen LogP contribution in [-0.4, -0.2) is 49.7 Å². The summed E-state index contributed by atoms with van der Waals surface area (Å²) in [4.78, 5) is 13.7. The van der Waals surface area contributed by atoms with Crippen molar-refractivity contribution < 1.29 is 13.2 Å². The summed E-state index contributed by atoms with van der Waals surface area (Å²) in [5.74, 6) is -0.152. The van der Waals surface area contributed by atoms with E-state index in [9.17, 15) is 13.2 Å². The Morgan fingerprint density at radius 3 is 1.96 bits per heavy atom. The highest BCUT2D eigenvalue weighted by Crippen LogP contribution is 2.29. The minimum Gasteiger partial charge on any atom is -0.337 e. The fourth-order valence-corrected chi connectivity index (χ4v) is 4.97. The van der Waals surface area contributed by atoms with E-state index in [0.717, 1.165) is 22.3 Å². The van der Waals surface area contributed by atoms with E-state index in [1.165, 1.54) is 10.4 Å². The third-order valence-corrected chi connectivity index (χ3v) is 6.79. The molecule has 0 radical (unpaired) electrons. The van der Waals surface area contributed by atoms with Gasteiger partial charge in [0.05, 0.1) is 4.90 Å². The molecule has 1 aromatic rings. The number of sulfonamides is 1. The van der Waals surface area contributed by atoms with E-state index in [1.807, 2.05) is 33.8 Å². The van der Waals surface area contributed by atoms with Crippen LogP contribution in [0, 0.1) is 27.7 Å².